The smallest absolute Gasteiger partial charge is 0.251 e. The lowest BCUT2D eigenvalue weighted by Crippen LogP contribution is -2.45. The molecule has 0 bridgehead atoms. The Labute approximate surface area is 147 Å². The average Bonchev–Trinajstić information content (AvgIpc) is 3.25. The van der Waals surface area contributed by atoms with Crippen molar-refractivity contribution in [1.82, 2.24) is 4.90 Å². The fraction of sp³-hybridized carbons (Fsp3) is 0.579. The van der Waals surface area contributed by atoms with Gasteiger partial charge in [-0.15, -0.1) is 0 Å². The van der Waals surface area contributed by atoms with E-state index in [1.54, 1.807) is 0 Å². The first-order chi connectivity index (χ1) is 12.2. The third-order valence-corrected chi connectivity index (χ3v) is 5.80. The van der Waals surface area contributed by atoms with Crippen LogP contribution in [0.15, 0.2) is 24.3 Å². The Morgan fingerprint density at radius 3 is 2.68 bits per heavy atom. The molecule has 0 radical (unpaired) electrons. The molecule has 6 nitrogen and oxygen atoms in total. The van der Waals surface area contributed by atoms with E-state index in [9.17, 15) is 9.59 Å². The molecular weight excluding hydrogens is 318 g/mol. The van der Waals surface area contributed by atoms with Crippen molar-refractivity contribution >= 4 is 17.5 Å². The van der Waals surface area contributed by atoms with Crippen LogP contribution in [-0.4, -0.2) is 48.6 Å². The summed E-state index contributed by atoms with van der Waals surface area (Å²) in [7, 11) is 0. The molecular formula is C19H25N3O3. The number of amides is 2. The predicted octanol–water partition coefficient (Wildman–Crippen LogP) is 1.47. The molecule has 25 heavy (non-hydrogen) atoms. The summed E-state index contributed by atoms with van der Waals surface area (Å²) >= 11 is 0. The molecule has 3 atom stereocenters. The summed E-state index contributed by atoms with van der Waals surface area (Å²) in [6.45, 7) is 1.87. The van der Waals surface area contributed by atoms with Gasteiger partial charge in [-0.2, -0.15) is 0 Å². The molecule has 0 saturated carbocycles. The number of hydrogen-bond acceptors (Lipinski definition) is 4. The number of carbonyl (C=O) groups excluding carboxylic acids is 2. The van der Waals surface area contributed by atoms with E-state index in [1.165, 1.54) is 0 Å². The summed E-state index contributed by atoms with van der Waals surface area (Å²) in [6.07, 6.45) is 3.02. The van der Waals surface area contributed by atoms with Crippen LogP contribution in [0.25, 0.3) is 0 Å². The molecule has 1 unspecified atom stereocenters. The second-order valence-electron chi connectivity index (χ2n) is 7.28. The minimum absolute atomic E-state index is 0.0187. The van der Waals surface area contributed by atoms with Crippen molar-refractivity contribution in [2.75, 3.05) is 25.0 Å². The first-order valence-electron chi connectivity index (χ1n) is 9.21. The van der Waals surface area contributed by atoms with E-state index in [-0.39, 0.29) is 35.9 Å². The number of nitrogens with two attached hydrogens (primary N) is 1. The number of para-hydroxylation sites is 1. The van der Waals surface area contributed by atoms with Crippen molar-refractivity contribution in [1.29, 1.82) is 0 Å². The monoisotopic (exact) mass is 343 g/mol. The van der Waals surface area contributed by atoms with E-state index >= 15 is 0 Å². The van der Waals surface area contributed by atoms with Gasteiger partial charge in [0.05, 0.1) is 12.0 Å². The summed E-state index contributed by atoms with van der Waals surface area (Å²) in [5.41, 5.74) is 7.66. The van der Waals surface area contributed by atoms with E-state index < -0.39 is 0 Å². The molecule has 3 aliphatic rings. The SMILES string of the molecule is NC[C@H]1CC[C@@H](C(=O)N2CCC(C3C(=O)Nc4ccccc43)CC2)O1. The Balaban J connectivity index is 1.37. The first-order valence-corrected chi connectivity index (χ1v) is 9.21. The van der Waals surface area contributed by atoms with Gasteiger partial charge in [-0.05, 0) is 43.2 Å². The van der Waals surface area contributed by atoms with Gasteiger partial charge in [0.2, 0.25) is 5.91 Å². The molecule has 134 valence electrons. The highest BCUT2D eigenvalue weighted by atomic mass is 16.5. The zero-order chi connectivity index (χ0) is 17.4. The van der Waals surface area contributed by atoms with Gasteiger partial charge in [-0.3, -0.25) is 9.59 Å². The number of benzene rings is 1. The fourth-order valence-corrected chi connectivity index (χ4v) is 4.42. The number of nitrogens with zero attached hydrogens (tertiary/aromatic N) is 1. The molecule has 6 heteroatoms. The van der Waals surface area contributed by atoms with Crippen LogP contribution in [0, 0.1) is 5.92 Å². The first kappa shape index (κ1) is 16.5. The number of piperidine rings is 1. The normalized spacial score (nSPS) is 29.6. The lowest BCUT2D eigenvalue weighted by molar-refractivity contribution is -0.144. The highest BCUT2D eigenvalue weighted by molar-refractivity contribution is 6.03. The summed E-state index contributed by atoms with van der Waals surface area (Å²) in [4.78, 5) is 26.9. The van der Waals surface area contributed by atoms with Gasteiger partial charge >= 0.3 is 0 Å². The number of nitrogens with one attached hydrogen (secondary N) is 1. The Morgan fingerprint density at radius 1 is 1.20 bits per heavy atom. The minimum Gasteiger partial charge on any atom is -0.364 e. The maximum absolute atomic E-state index is 12.6. The third kappa shape index (κ3) is 3.04. The molecule has 1 aromatic rings. The van der Waals surface area contributed by atoms with Gasteiger partial charge < -0.3 is 20.7 Å². The average molecular weight is 343 g/mol. The molecule has 0 spiro atoms. The number of hydrogen-bond donors (Lipinski definition) is 2. The van der Waals surface area contributed by atoms with Crippen LogP contribution in [0.4, 0.5) is 5.69 Å². The number of rotatable bonds is 3. The summed E-state index contributed by atoms with van der Waals surface area (Å²) < 4.78 is 5.74. The van der Waals surface area contributed by atoms with Crippen LogP contribution in [0.5, 0.6) is 0 Å². The second kappa shape index (κ2) is 6.77. The van der Waals surface area contributed by atoms with Gasteiger partial charge in [0.1, 0.15) is 6.10 Å². The highest BCUT2D eigenvalue weighted by Gasteiger charge is 2.40. The van der Waals surface area contributed by atoms with Crippen LogP contribution in [0.1, 0.15) is 37.2 Å². The summed E-state index contributed by atoms with van der Waals surface area (Å²) in [5.74, 6) is 0.383. The number of fused-ring (bicyclic) bond motifs is 1. The fourth-order valence-electron chi connectivity index (χ4n) is 4.42. The van der Waals surface area contributed by atoms with Gasteiger partial charge in [-0.25, -0.2) is 0 Å². The number of ether oxygens (including phenoxy) is 1. The lowest BCUT2D eigenvalue weighted by Gasteiger charge is -2.35. The quantitative estimate of drug-likeness (QED) is 0.870. The van der Waals surface area contributed by atoms with Crippen molar-refractivity contribution in [2.45, 2.75) is 43.8 Å². The van der Waals surface area contributed by atoms with E-state index in [1.807, 2.05) is 29.2 Å². The third-order valence-electron chi connectivity index (χ3n) is 5.80. The van der Waals surface area contributed by atoms with E-state index in [0.717, 1.165) is 36.9 Å². The van der Waals surface area contributed by atoms with Crippen molar-refractivity contribution in [3.63, 3.8) is 0 Å². The van der Waals surface area contributed by atoms with Crippen LogP contribution >= 0.6 is 0 Å². The summed E-state index contributed by atoms with van der Waals surface area (Å²) in [6, 6.07) is 7.92. The molecule has 0 aromatic heterocycles. The van der Waals surface area contributed by atoms with Gasteiger partial charge in [0.15, 0.2) is 0 Å². The number of likely N-dealkylation sites (tertiary alicyclic amines) is 1. The number of carbonyl (C=O) groups is 2. The zero-order valence-electron chi connectivity index (χ0n) is 14.3. The van der Waals surface area contributed by atoms with Crippen molar-refractivity contribution in [3.8, 4) is 0 Å². The lowest BCUT2D eigenvalue weighted by atomic mass is 9.80. The van der Waals surface area contributed by atoms with Crippen molar-refractivity contribution < 1.29 is 14.3 Å². The molecule has 2 fully saturated rings. The Morgan fingerprint density at radius 2 is 1.96 bits per heavy atom. The molecule has 3 N–H and O–H groups in total. The Hall–Kier alpha value is -1.92. The maximum Gasteiger partial charge on any atom is 0.251 e. The Bertz CT molecular complexity index is 670. The largest absolute Gasteiger partial charge is 0.364 e. The van der Waals surface area contributed by atoms with Crippen LogP contribution in [0.2, 0.25) is 0 Å². The van der Waals surface area contributed by atoms with E-state index in [2.05, 4.69) is 5.32 Å². The van der Waals surface area contributed by atoms with Gasteiger partial charge in [0, 0.05) is 25.3 Å². The highest BCUT2D eigenvalue weighted by Crippen LogP contribution is 2.41. The molecule has 2 saturated heterocycles. The standard InChI is InChI=1S/C19H25N3O3/c20-11-13-5-6-16(25-13)19(24)22-9-7-12(8-10-22)17-14-3-1-2-4-15(14)21-18(17)23/h1-4,12-13,16-17H,5-11,20H2,(H,21,23)/t13-,16+,17?/m1/s1. The van der Waals surface area contributed by atoms with Crippen molar-refractivity contribution in [3.05, 3.63) is 29.8 Å². The van der Waals surface area contributed by atoms with Crippen LogP contribution in [-0.2, 0) is 14.3 Å². The molecule has 3 heterocycles. The predicted molar refractivity (Wildman–Crippen MR) is 94.1 cm³/mol. The van der Waals surface area contributed by atoms with Crippen molar-refractivity contribution in [2.24, 2.45) is 11.7 Å². The molecule has 2 amide bonds. The van der Waals surface area contributed by atoms with E-state index in [4.69, 9.17) is 10.5 Å². The molecule has 3 aliphatic heterocycles. The van der Waals surface area contributed by atoms with Gasteiger partial charge in [0.25, 0.3) is 5.91 Å². The minimum atomic E-state index is -0.333. The maximum atomic E-state index is 12.6. The Kier molecular flexibility index (Phi) is 4.48. The summed E-state index contributed by atoms with van der Waals surface area (Å²) in [5, 5.41) is 2.98. The molecule has 1 aromatic carbocycles. The van der Waals surface area contributed by atoms with Crippen LogP contribution in [0.3, 0.4) is 0 Å². The van der Waals surface area contributed by atoms with Gasteiger partial charge in [-0.1, -0.05) is 18.2 Å². The van der Waals surface area contributed by atoms with Crippen LogP contribution < -0.4 is 11.1 Å². The second-order valence-corrected chi connectivity index (χ2v) is 7.28. The topological polar surface area (TPSA) is 84.7 Å². The zero-order valence-corrected chi connectivity index (χ0v) is 14.3. The molecule has 0 aliphatic carbocycles. The molecule has 4 rings (SSSR count). The van der Waals surface area contributed by atoms with E-state index in [0.29, 0.717) is 19.6 Å². The number of anilines is 1.